The smallest absolute Gasteiger partial charge is 0.277 e. The van der Waals surface area contributed by atoms with Crippen LogP contribution in [0.25, 0.3) is 0 Å². The molecule has 4 rings (SSSR count). The fraction of sp³-hybridized carbons (Fsp3) is 0.450. The highest BCUT2D eigenvalue weighted by Gasteiger charge is 2.27. The molecule has 2 aromatic rings. The third-order valence-electron chi connectivity index (χ3n) is 5.18. The van der Waals surface area contributed by atoms with Crippen LogP contribution >= 0.6 is 0 Å². The van der Waals surface area contributed by atoms with Gasteiger partial charge in [-0.05, 0) is 18.2 Å². The number of nitrogens with one attached hydrogen (secondary N) is 1. The van der Waals surface area contributed by atoms with E-state index in [9.17, 15) is 4.79 Å². The Bertz CT molecular complexity index is 795. The highest BCUT2D eigenvalue weighted by Crippen LogP contribution is 2.30. The third kappa shape index (κ3) is 4.33. The van der Waals surface area contributed by atoms with Gasteiger partial charge < -0.3 is 24.2 Å². The van der Waals surface area contributed by atoms with Gasteiger partial charge in [0.05, 0.1) is 32.7 Å². The molecule has 0 radical (unpaired) electrons. The first-order valence-corrected chi connectivity index (χ1v) is 9.67. The molecule has 1 saturated heterocycles. The van der Waals surface area contributed by atoms with Crippen molar-refractivity contribution in [1.82, 2.24) is 14.9 Å². The summed E-state index contributed by atoms with van der Waals surface area (Å²) in [5, 5.41) is 0. The molecule has 8 heteroatoms. The number of aromatic nitrogens is 2. The van der Waals surface area contributed by atoms with E-state index in [1.54, 1.807) is 17.3 Å². The number of anilines is 1. The van der Waals surface area contributed by atoms with E-state index in [4.69, 9.17) is 9.47 Å². The van der Waals surface area contributed by atoms with Gasteiger partial charge >= 0.3 is 0 Å². The number of benzene rings is 1. The molecule has 1 N–H and O–H groups in total. The van der Waals surface area contributed by atoms with Crippen molar-refractivity contribution < 1.29 is 19.2 Å². The number of para-hydroxylation sites is 2. The predicted octanol–water partition coefficient (Wildman–Crippen LogP) is -0.520. The Hall–Kier alpha value is -2.87. The van der Waals surface area contributed by atoms with E-state index < -0.39 is 0 Å². The molecule has 148 valence electrons. The first kappa shape index (κ1) is 18.5. The van der Waals surface area contributed by atoms with Crippen LogP contribution in [0.1, 0.15) is 0 Å². The normalized spacial score (nSPS) is 19.3. The summed E-state index contributed by atoms with van der Waals surface area (Å²) in [6, 6.07) is 9.44. The van der Waals surface area contributed by atoms with Crippen LogP contribution in [-0.4, -0.2) is 79.8 Å². The zero-order valence-electron chi connectivity index (χ0n) is 16.1. The molecule has 0 bridgehead atoms. The molecule has 2 aliphatic heterocycles. The Balaban J connectivity index is 1.23. The lowest BCUT2D eigenvalue weighted by Gasteiger charge is -2.33. The molecule has 1 aromatic carbocycles. The van der Waals surface area contributed by atoms with Crippen molar-refractivity contribution in [2.24, 2.45) is 0 Å². The van der Waals surface area contributed by atoms with Gasteiger partial charge in [0, 0.05) is 19.4 Å². The molecule has 0 unspecified atom stereocenters. The molecule has 1 fully saturated rings. The lowest BCUT2D eigenvalue weighted by Crippen LogP contribution is -3.15. The second-order valence-electron chi connectivity index (χ2n) is 7.23. The predicted molar refractivity (Wildman–Crippen MR) is 104 cm³/mol. The number of hydrogen-bond acceptors (Lipinski definition) is 6. The Labute approximate surface area is 164 Å². The molecule has 8 nitrogen and oxygen atoms in total. The summed E-state index contributed by atoms with van der Waals surface area (Å²) in [5.74, 6) is 2.39. The Morgan fingerprint density at radius 2 is 1.89 bits per heavy atom. The third-order valence-corrected chi connectivity index (χ3v) is 5.18. The fourth-order valence-corrected chi connectivity index (χ4v) is 3.56. The first-order valence-electron chi connectivity index (χ1n) is 9.67. The highest BCUT2D eigenvalue weighted by molar-refractivity contribution is 5.76. The molecule has 28 heavy (non-hydrogen) atoms. The van der Waals surface area contributed by atoms with E-state index in [0.29, 0.717) is 19.7 Å². The van der Waals surface area contributed by atoms with Crippen molar-refractivity contribution in [1.29, 1.82) is 0 Å². The number of amides is 1. The van der Waals surface area contributed by atoms with Crippen LogP contribution in [0, 0.1) is 0 Å². The first-order chi connectivity index (χ1) is 13.7. The van der Waals surface area contributed by atoms with Gasteiger partial charge in [-0.25, -0.2) is 9.97 Å². The van der Waals surface area contributed by atoms with E-state index >= 15 is 0 Å². The zero-order chi connectivity index (χ0) is 19.3. The molecule has 1 atom stereocenters. The van der Waals surface area contributed by atoms with E-state index in [-0.39, 0.29) is 12.0 Å². The van der Waals surface area contributed by atoms with Crippen molar-refractivity contribution in [3.8, 4) is 11.5 Å². The molecule has 1 amide bonds. The van der Waals surface area contributed by atoms with Crippen molar-refractivity contribution in [2.45, 2.75) is 6.10 Å². The minimum atomic E-state index is -0.147. The maximum Gasteiger partial charge on any atom is 0.277 e. The summed E-state index contributed by atoms with van der Waals surface area (Å²) >= 11 is 0. The molecule has 0 saturated carbocycles. The van der Waals surface area contributed by atoms with Crippen LogP contribution in [0.3, 0.4) is 0 Å². The van der Waals surface area contributed by atoms with Crippen molar-refractivity contribution in [3.05, 3.63) is 42.7 Å². The van der Waals surface area contributed by atoms with Crippen molar-refractivity contribution in [2.75, 3.05) is 57.8 Å². The molecular weight excluding hydrogens is 358 g/mol. The Morgan fingerprint density at radius 1 is 1.18 bits per heavy atom. The van der Waals surface area contributed by atoms with Crippen LogP contribution in [0.4, 0.5) is 5.95 Å². The average Bonchev–Trinajstić information content (AvgIpc) is 2.75. The van der Waals surface area contributed by atoms with Crippen LogP contribution < -0.4 is 19.3 Å². The molecule has 0 spiro atoms. The molecule has 1 aromatic heterocycles. The van der Waals surface area contributed by atoms with Crippen LogP contribution in [0.2, 0.25) is 0 Å². The summed E-state index contributed by atoms with van der Waals surface area (Å²) in [7, 11) is 1.83. The quantitative estimate of drug-likeness (QED) is 0.748. The number of carbonyl (C=O) groups is 1. The SMILES string of the molecule is CN(C[C@H]1COc2ccccc2O1)C(=O)C[NH+]1CCN(c2ncccn2)CC1. The number of rotatable bonds is 5. The molecule has 3 heterocycles. The van der Waals surface area contributed by atoms with Gasteiger partial charge in [-0.2, -0.15) is 0 Å². The number of nitrogens with zero attached hydrogens (tertiary/aromatic N) is 4. The van der Waals surface area contributed by atoms with E-state index in [2.05, 4.69) is 14.9 Å². The van der Waals surface area contributed by atoms with Gasteiger partial charge in [-0.3, -0.25) is 4.79 Å². The summed E-state index contributed by atoms with van der Waals surface area (Å²) < 4.78 is 11.7. The van der Waals surface area contributed by atoms with Gasteiger partial charge in [-0.15, -0.1) is 0 Å². The minimum absolute atomic E-state index is 0.127. The maximum atomic E-state index is 12.7. The molecular formula is C20H26N5O3+. The van der Waals surface area contributed by atoms with Crippen molar-refractivity contribution in [3.63, 3.8) is 0 Å². The van der Waals surface area contributed by atoms with E-state index in [1.165, 1.54) is 4.90 Å². The van der Waals surface area contributed by atoms with Crippen LogP contribution in [0.5, 0.6) is 11.5 Å². The van der Waals surface area contributed by atoms with Gasteiger partial charge in [0.1, 0.15) is 6.61 Å². The number of fused-ring (bicyclic) bond motifs is 1. The number of likely N-dealkylation sites (N-methyl/N-ethyl adjacent to an activating group) is 1. The minimum Gasteiger partial charge on any atom is -0.486 e. The second-order valence-corrected chi connectivity index (χ2v) is 7.23. The summed E-state index contributed by atoms with van der Waals surface area (Å²) in [6.07, 6.45) is 3.37. The van der Waals surface area contributed by atoms with Gasteiger partial charge in [-0.1, -0.05) is 12.1 Å². The standard InChI is InChI=1S/C20H25N5O3/c1-23(13-16-15-27-17-5-2-3-6-18(17)28-16)19(26)14-24-9-11-25(12-10-24)20-21-7-4-8-22-20/h2-8,16H,9-15H2,1H3/p+1/t16-/m0/s1. The summed E-state index contributed by atoms with van der Waals surface area (Å²) in [4.78, 5) is 26.5. The van der Waals surface area contributed by atoms with Gasteiger partial charge in [0.2, 0.25) is 5.95 Å². The highest BCUT2D eigenvalue weighted by atomic mass is 16.6. The van der Waals surface area contributed by atoms with E-state index in [0.717, 1.165) is 43.6 Å². The number of ether oxygens (including phenoxy) is 2. The molecule has 0 aliphatic carbocycles. The van der Waals surface area contributed by atoms with Crippen LogP contribution in [-0.2, 0) is 4.79 Å². The second kappa shape index (κ2) is 8.43. The van der Waals surface area contributed by atoms with E-state index in [1.807, 2.05) is 37.4 Å². The fourth-order valence-electron chi connectivity index (χ4n) is 3.56. The summed E-state index contributed by atoms with van der Waals surface area (Å²) in [5.41, 5.74) is 0. The Kier molecular flexibility index (Phi) is 5.57. The van der Waals surface area contributed by atoms with Gasteiger partial charge in [0.15, 0.2) is 24.1 Å². The lowest BCUT2D eigenvalue weighted by atomic mass is 10.2. The lowest BCUT2D eigenvalue weighted by molar-refractivity contribution is -0.892. The van der Waals surface area contributed by atoms with Gasteiger partial charge in [0.25, 0.3) is 5.91 Å². The average molecular weight is 384 g/mol. The Morgan fingerprint density at radius 3 is 2.64 bits per heavy atom. The number of hydrogen-bond donors (Lipinski definition) is 1. The number of piperazine rings is 1. The van der Waals surface area contributed by atoms with Crippen molar-refractivity contribution >= 4 is 11.9 Å². The largest absolute Gasteiger partial charge is 0.486 e. The summed E-state index contributed by atoms with van der Waals surface area (Å²) in [6.45, 7) is 4.97. The monoisotopic (exact) mass is 384 g/mol. The van der Waals surface area contributed by atoms with Crippen LogP contribution in [0.15, 0.2) is 42.7 Å². The number of quaternary nitrogens is 1. The maximum absolute atomic E-state index is 12.7. The zero-order valence-corrected chi connectivity index (χ0v) is 16.1. The molecule has 2 aliphatic rings. The number of carbonyl (C=O) groups excluding carboxylic acids is 1. The topological polar surface area (TPSA) is 72.2 Å².